The standard InChI is InChI=1S/C12H10O.C2H6O2.2C2H4/c1-3-7-11(8-4-1)13-12-9-5-2-6-10-12;3-1-2-4;2*1-2/h1-10H;3-4H,1-2H2;2*1-2H2. The Kier molecular flexibility index (Phi) is 17.6. The summed E-state index contributed by atoms with van der Waals surface area (Å²) in [7, 11) is 0. The fraction of sp³-hybridized carbons (Fsp3) is 0.111. The van der Waals surface area contributed by atoms with E-state index in [9.17, 15) is 0 Å². The summed E-state index contributed by atoms with van der Waals surface area (Å²) >= 11 is 0. The Bertz CT molecular complexity index is 373. The minimum absolute atomic E-state index is 0.125. The molecule has 0 saturated heterocycles. The number of aliphatic hydroxyl groups is 2. The lowest BCUT2D eigenvalue weighted by Crippen LogP contribution is -1.85. The van der Waals surface area contributed by atoms with Crippen molar-refractivity contribution in [3.63, 3.8) is 0 Å². The van der Waals surface area contributed by atoms with Gasteiger partial charge in [-0.3, -0.25) is 0 Å². The highest BCUT2D eigenvalue weighted by Crippen LogP contribution is 2.19. The van der Waals surface area contributed by atoms with E-state index >= 15 is 0 Å². The Balaban J connectivity index is 0. The molecule has 0 aromatic heterocycles. The first-order valence-electron chi connectivity index (χ1n) is 6.36. The van der Waals surface area contributed by atoms with Gasteiger partial charge in [0.05, 0.1) is 13.2 Å². The molecule has 0 amide bonds. The summed E-state index contributed by atoms with van der Waals surface area (Å²) in [6.07, 6.45) is 0. The van der Waals surface area contributed by atoms with E-state index in [1.165, 1.54) is 0 Å². The van der Waals surface area contributed by atoms with E-state index in [-0.39, 0.29) is 13.2 Å². The third-order valence-corrected chi connectivity index (χ3v) is 1.82. The monoisotopic (exact) mass is 288 g/mol. The van der Waals surface area contributed by atoms with E-state index in [0.717, 1.165) is 11.5 Å². The molecule has 2 aromatic carbocycles. The molecule has 0 spiro atoms. The number of aliphatic hydroxyl groups excluding tert-OH is 2. The molecule has 0 bridgehead atoms. The molecular weight excluding hydrogens is 264 g/mol. The Labute approximate surface area is 127 Å². The number of hydrogen-bond acceptors (Lipinski definition) is 3. The van der Waals surface area contributed by atoms with Gasteiger partial charge in [-0.2, -0.15) is 0 Å². The van der Waals surface area contributed by atoms with Crippen LogP contribution in [-0.4, -0.2) is 23.4 Å². The van der Waals surface area contributed by atoms with Crippen molar-refractivity contribution >= 4 is 0 Å². The summed E-state index contributed by atoms with van der Waals surface area (Å²) in [6.45, 7) is 11.8. The third-order valence-electron chi connectivity index (χ3n) is 1.82. The highest BCUT2D eigenvalue weighted by molar-refractivity contribution is 5.30. The van der Waals surface area contributed by atoms with Crippen molar-refractivity contribution < 1.29 is 14.9 Å². The van der Waals surface area contributed by atoms with Crippen LogP contribution in [0, 0.1) is 0 Å². The van der Waals surface area contributed by atoms with E-state index < -0.39 is 0 Å². The third kappa shape index (κ3) is 12.4. The lowest BCUT2D eigenvalue weighted by molar-refractivity contribution is 0.186. The van der Waals surface area contributed by atoms with Gasteiger partial charge in [-0.1, -0.05) is 36.4 Å². The number of ether oxygens (including phenoxy) is 1. The van der Waals surface area contributed by atoms with Gasteiger partial charge in [-0.05, 0) is 24.3 Å². The van der Waals surface area contributed by atoms with Crippen LogP contribution in [-0.2, 0) is 0 Å². The van der Waals surface area contributed by atoms with Crippen LogP contribution in [0.4, 0.5) is 0 Å². The van der Waals surface area contributed by atoms with E-state index in [1.807, 2.05) is 60.7 Å². The molecule has 0 fully saturated rings. The summed E-state index contributed by atoms with van der Waals surface area (Å²) in [5.74, 6) is 1.74. The van der Waals surface area contributed by atoms with Crippen molar-refractivity contribution in [3.05, 3.63) is 87.0 Å². The smallest absolute Gasteiger partial charge is 0.127 e. The van der Waals surface area contributed by atoms with Gasteiger partial charge in [0.15, 0.2) is 0 Å². The lowest BCUT2D eigenvalue weighted by atomic mass is 10.3. The van der Waals surface area contributed by atoms with Crippen LogP contribution in [0.25, 0.3) is 0 Å². The van der Waals surface area contributed by atoms with Gasteiger partial charge in [-0.15, -0.1) is 26.3 Å². The first kappa shape index (κ1) is 20.9. The average Bonchev–Trinajstić information content (AvgIpc) is 2.60. The van der Waals surface area contributed by atoms with Crippen LogP contribution < -0.4 is 4.74 Å². The topological polar surface area (TPSA) is 49.7 Å². The number of rotatable bonds is 3. The fourth-order valence-corrected chi connectivity index (χ4v) is 1.11. The van der Waals surface area contributed by atoms with Crippen molar-refractivity contribution in [2.24, 2.45) is 0 Å². The van der Waals surface area contributed by atoms with Gasteiger partial charge in [0.1, 0.15) is 11.5 Å². The van der Waals surface area contributed by atoms with Crippen molar-refractivity contribution in [1.29, 1.82) is 0 Å². The molecule has 0 atom stereocenters. The zero-order valence-electron chi connectivity index (χ0n) is 12.3. The maximum atomic E-state index is 7.62. The van der Waals surface area contributed by atoms with Crippen molar-refractivity contribution in [3.8, 4) is 11.5 Å². The van der Waals surface area contributed by atoms with E-state index in [2.05, 4.69) is 26.3 Å². The predicted octanol–water partition coefficient (Wildman–Crippen LogP) is 4.05. The molecule has 0 saturated carbocycles. The molecule has 0 aliphatic carbocycles. The molecule has 0 radical (unpaired) electrons. The SMILES string of the molecule is C=C.C=C.OCCO.c1ccc(Oc2ccccc2)cc1. The van der Waals surface area contributed by atoms with Gasteiger partial charge >= 0.3 is 0 Å². The second kappa shape index (κ2) is 17.6. The van der Waals surface area contributed by atoms with Crippen LogP contribution in [0.1, 0.15) is 0 Å². The zero-order valence-corrected chi connectivity index (χ0v) is 12.3. The molecule has 114 valence electrons. The molecule has 2 aromatic rings. The van der Waals surface area contributed by atoms with Gasteiger partial charge in [0.2, 0.25) is 0 Å². The second-order valence-corrected chi connectivity index (χ2v) is 3.18. The Hall–Kier alpha value is -2.36. The van der Waals surface area contributed by atoms with Crippen LogP contribution >= 0.6 is 0 Å². The molecule has 3 nitrogen and oxygen atoms in total. The van der Waals surface area contributed by atoms with E-state index in [4.69, 9.17) is 14.9 Å². The highest BCUT2D eigenvalue weighted by Gasteiger charge is 1.92. The molecule has 2 N–H and O–H groups in total. The number of para-hydroxylation sites is 2. The first-order valence-corrected chi connectivity index (χ1v) is 6.36. The summed E-state index contributed by atoms with van der Waals surface area (Å²) in [5, 5.41) is 15.2. The highest BCUT2D eigenvalue weighted by atomic mass is 16.5. The zero-order chi connectivity index (χ0) is 16.3. The van der Waals surface area contributed by atoms with Crippen LogP contribution in [0.15, 0.2) is 87.0 Å². The summed E-state index contributed by atoms with van der Waals surface area (Å²) in [5.41, 5.74) is 0. The van der Waals surface area contributed by atoms with Crippen molar-refractivity contribution in [1.82, 2.24) is 0 Å². The Morgan fingerprint density at radius 2 is 0.905 bits per heavy atom. The Morgan fingerprint density at radius 3 is 1.14 bits per heavy atom. The molecule has 0 unspecified atom stereocenters. The van der Waals surface area contributed by atoms with Gasteiger partial charge in [0.25, 0.3) is 0 Å². The maximum Gasteiger partial charge on any atom is 0.127 e. The van der Waals surface area contributed by atoms with Gasteiger partial charge in [-0.25, -0.2) is 0 Å². The Morgan fingerprint density at radius 1 is 0.619 bits per heavy atom. The summed E-state index contributed by atoms with van der Waals surface area (Å²) in [4.78, 5) is 0. The van der Waals surface area contributed by atoms with Crippen LogP contribution in [0.3, 0.4) is 0 Å². The first-order chi connectivity index (χ1) is 10.4. The molecular formula is C18H24O3. The molecule has 0 aliphatic heterocycles. The molecule has 3 heteroatoms. The normalized spacial score (nSPS) is 7.71. The molecule has 2 rings (SSSR count). The van der Waals surface area contributed by atoms with Crippen LogP contribution in [0.2, 0.25) is 0 Å². The van der Waals surface area contributed by atoms with E-state index in [0.29, 0.717) is 0 Å². The summed E-state index contributed by atoms with van der Waals surface area (Å²) in [6, 6.07) is 19.5. The average molecular weight is 288 g/mol. The van der Waals surface area contributed by atoms with Gasteiger partial charge in [0, 0.05) is 0 Å². The maximum absolute atomic E-state index is 7.62. The van der Waals surface area contributed by atoms with E-state index in [1.54, 1.807) is 0 Å². The second-order valence-electron chi connectivity index (χ2n) is 3.18. The number of hydrogen-bond donors (Lipinski definition) is 2. The molecule has 0 aliphatic rings. The molecule has 0 heterocycles. The lowest BCUT2D eigenvalue weighted by Gasteiger charge is -2.03. The fourth-order valence-electron chi connectivity index (χ4n) is 1.11. The number of benzene rings is 2. The van der Waals surface area contributed by atoms with Crippen molar-refractivity contribution in [2.75, 3.05) is 13.2 Å². The minimum atomic E-state index is -0.125. The molecule has 21 heavy (non-hydrogen) atoms. The van der Waals surface area contributed by atoms with Crippen molar-refractivity contribution in [2.45, 2.75) is 0 Å². The quantitative estimate of drug-likeness (QED) is 0.838. The van der Waals surface area contributed by atoms with Gasteiger partial charge < -0.3 is 14.9 Å². The van der Waals surface area contributed by atoms with Crippen LogP contribution in [0.5, 0.6) is 11.5 Å². The predicted molar refractivity (Wildman–Crippen MR) is 89.6 cm³/mol. The minimum Gasteiger partial charge on any atom is -0.457 e. The summed E-state index contributed by atoms with van der Waals surface area (Å²) < 4.78 is 5.58. The largest absolute Gasteiger partial charge is 0.457 e.